The van der Waals surface area contributed by atoms with Crippen molar-refractivity contribution < 1.29 is 9.53 Å². The molecule has 2 aromatic rings. The number of aromatic amines is 1. The van der Waals surface area contributed by atoms with Crippen molar-refractivity contribution in [2.24, 2.45) is 5.92 Å². The summed E-state index contributed by atoms with van der Waals surface area (Å²) in [5, 5.41) is 0. The zero-order valence-electron chi connectivity index (χ0n) is 14.4. The third-order valence-electron chi connectivity index (χ3n) is 4.70. The predicted molar refractivity (Wildman–Crippen MR) is 93.3 cm³/mol. The Morgan fingerprint density at radius 3 is 3.00 bits per heavy atom. The molecule has 3 rings (SSSR count). The first-order valence-corrected chi connectivity index (χ1v) is 8.66. The summed E-state index contributed by atoms with van der Waals surface area (Å²) in [6.45, 7) is 3.64. The van der Waals surface area contributed by atoms with E-state index >= 15 is 0 Å². The van der Waals surface area contributed by atoms with Crippen LogP contribution in [0.1, 0.15) is 41.6 Å². The van der Waals surface area contributed by atoms with Gasteiger partial charge < -0.3 is 14.6 Å². The van der Waals surface area contributed by atoms with Gasteiger partial charge in [-0.05, 0) is 36.8 Å². The molecule has 5 heteroatoms. The minimum Gasteiger partial charge on any atom is -0.496 e. The van der Waals surface area contributed by atoms with Crippen LogP contribution in [0.3, 0.4) is 0 Å². The standard InChI is InChI=1S/C19H25N3O2/c1-3-18-20-12-16(21-18)19(23)22-10-6-7-14(13-22)11-15-8-4-5-9-17(15)24-2/h4-5,8-9,12,14H,3,6-7,10-11,13H2,1-2H3,(H,20,21)/t14-/m0/s1. The molecular formula is C19H25N3O2. The van der Waals surface area contributed by atoms with Crippen molar-refractivity contribution in [3.63, 3.8) is 0 Å². The first-order chi connectivity index (χ1) is 11.7. The molecular weight excluding hydrogens is 302 g/mol. The Morgan fingerprint density at radius 2 is 2.25 bits per heavy atom. The molecule has 2 heterocycles. The molecule has 5 nitrogen and oxygen atoms in total. The molecule has 128 valence electrons. The lowest BCUT2D eigenvalue weighted by atomic mass is 9.91. The number of nitrogens with zero attached hydrogens (tertiary/aromatic N) is 2. The molecule has 0 spiro atoms. The number of benzene rings is 1. The summed E-state index contributed by atoms with van der Waals surface area (Å²) in [5.41, 5.74) is 1.82. The number of ether oxygens (including phenoxy) is 1. The number of likely N-dealkylation sites (tertiary alicyclic amines) is 1. The smallest absolute Gasteiger partial charge is 0.271 e. The van der Waals surface area contributed by atoms with Crippen LogP contribution in [0.25, 0.3) is 0 Å². The van der Waals surface area contributed by atoms with Crippen molar-refractivity contribution in [1.29, 1.82) is 0 Å². The molecule has 0 aliphatic carbocycles. The number of aryl methyl sites for hydroxylation is 1. The number of methoxy groups -OCH3 is 1. The van der Waals surface area contributed by atoms with Gasteiger partial charge in [-0.3, -0.25) is 4.79 Å². The average molecular weight is 327 g/mol. The van der Waals surface area contributed by atoms with Crippen LogP contribution in [0.5, 0.6) is 5.75 Å². The summed E-state index contributed by atoms with van der Waals surface area (Å²) >= 11 is 0. The Labute approximate surface area is 143 Å². The third-order valence-corrected chi connectivity index (χ3v) is 4.70. The van der Waals surface area contributed by atoms with Crippen molar-refractivity contribution in [3.8, 4) is 5.75 Å². The molecule has 0 saturated carbocycles. The van der Waals surface area contributed by atoms with Gasteiger partial charge in [0.15, 0.2) is 0 Å². The molecule has 1 fully saturated rings. The normalized spacial score (nSPS) is 17.8. The van der Waals surface area contributed by atoms with E-state index in [2.05, 4.69) is 16.0 Å². The Morgan fingerprint density at radius 1 is 1.42 bits per heavy atom. The zero-order valence-corrected chi connectivity index (χ0v) is 14.4. The maximum absolute atomic E-state index is 12.7. The molecule has 1 saturated heterocycles. The Bertz CT molecular complexity index is 695. The van der Waals surface area contributed by atoms with Crippen molar-refractivity contribution in [3.05, 3.63) is 47.5 Å². The Hall–Kier alpha value is -2.30. The number of H-pyrrole nitrogens is 1. The van der Waals surface area contributed by atoms with Gasteiger partial charge in [-0.2, -0.15) is 0 Å². The molecule has 0 radical (unpaired) electrons. The maximum Gasteiger partial charge on any atom is 0.271 e. The number of rotatable bonds is 5. The largest absolute Gasteiger partial charge is 0.496 e. The number of carbonyl (C=O) groups is 1. The van der Waals surface area contributed by atoms with Gasteiger partial charge in [-0.25, -0.2) is 4.98 Å². The number of hydrogen-bond acceptors (Lipinski definition) is 3. The first-order valence-electron chi connectivity index (χ1n) is 8.66. The van der Waals surface area contributed by atoms with Crippen LogP contribution >= 0.6 is 0 Å². The zero-order chi connectivity index (χ0) is 16.9. The topological polar surface area (TPSA) is 58.2 Å². The van der Waals surface area contributed by atoms with E-state index in [-0.39, 0.29) is 5.91 Å². The van der Waals surface area contributed by atoms with Crippen LogP contribution in [-0.2, 0) is 12.8 Å². The summed E-state index contributed by atoms with van der Waals surface area (Å²) < 4.78 is 5.45. The lowest BCUT2D eigenvalue weighted by molar-refractivity contribution is 0.0667. The van der Waals surface area contributed by atoms with E-state index < -0.39 is 0 Å². The van der Waals surface area contributed by atoms with Crippen molar-refractivity contribution >= 4 is 5.91 Å². The second-order valence-corrected chi connectivity index (χ2v) is 6.37. The van der Waals surface area contributed by atoms with Gasteiger partial charge in [-0.15, -0.1) is 0 Å². The van der Waals surface area contributed by atoms with Gasteiger partial charge in [0.05, 0.1) is 13.3 Å². The number of piperidine rings is 1. The van der Waals surface area contributed by atoms with Crippen LogP contribution in [0, 0.1) is 5.92 Å². The monoisotopic (exact) mass is 327 g/mol. The van der Waals surface area contributed by atoms with E-state index in [1.807, 2.05) is 30.0 Å². The quantitative estimate of drug-likeness (QED) is 0.918. The minimum absolute atomic E-state index is 0.0620. The third kappa shape index (κ3) is 3.61. The molecule has 1 amide bonds. The number of carbonyl (C=O) groups excluding carboxylic acids is 1. The summed E-state index contributed by atoms with van der Waals surface area (Å²) in [6.07, 6.45) is 5.59. The van der Waals surface area contributed by atoms with Gasteiger partial charge in [0.25, 0.3) is 5.91 Å². The van der Waals surface area contributed by atoms with Crippen LogP contribution in [0.15, 0.2) is 30.5 Å². The van der Waals surface area contributed by atoms with E-state index in [0.29, 0.717) is 11.6 Å². The van der Waals surface area contributed by atoms with Crippen LogP contribution in [0.2, 0.25) is 0 Å². The van der Waals surface area contributed by atoms with E-state index in [9.17, 15) is 4.79 Å². The van der Waals surface area contributed by atoms with Gasteiger partial charge in [-0.1, -0.05) is 25.1 Å². The maximum atomic E-state index is 12.7. The number of aromatic nitrogens is 2. The molecule has 1 aliphatic rings. The fourth-order valence-electron chi connectivity index (χ4n) is 3.42. The molecule has 1 N–H and O–H groups in total. The molecule has 1 atom stereocenters. The molecule has 1 aromatic heterocycles. The highest BCUT2D eigenvalue weighted by molar-refractivity contribution is 5.92. The van der Waals surface area contributed by atoms with E-state index in [0.717, 1.165) is 50.3 Å². The Balaban J connectivity index is 1.66. The fourth-order valence-corrected chi connectivity index (χ4v) is 3.42. The van der Waals surface area contributed by atoms with E-state index in [4.69, 9.17) is 4.74 Å². The first kappa shape index (κ1) is 16.6. The molecule has 1 aromatic carbocycles. The summed E-state index contributed by atoms with van der Waals surface area (Å²) in [7, 11) is 1.71. The van der Waals surface area contributed by atoms with E-state index in [1.165, 1.54) is 5.56 Å². The van der Waals surface area contributed by atoms with Gasteiger partial charge >= 0.3 is 0 Å². The summed E-state index contributed by atoms with van der Waals surface area (Å²) in [4.78, 5) is 22.0. The summed E-state index contributed by atoms with van der Waals surface area (Å²) in [6, 6.07) is 8.14. The van der Waals surface area contributed by atoms with E-state index in [1.54, 1.807) is 13.3 Å². The number of amides is 1. The lowest BCUT2D eigenvalue weighted by Crippen LogP contribution is -2.40. The lowest BCUT2D eigenvalue weighted by Gasteiger charge is -2.32. The fraction of sp³-hybridized carbons (Fsp3) is 0.474. The van der Waals surface area contributed by atoms with Crippen LogP contribution in [-0.4, -0.2) is 41.0 Å². The van der Waals surface area contributed by atoms with Gasteiger partial charge in [0, 0.05) is 19.5 Å². The second kappa shape index (κ2) is 7.51. The molecule has 1 aliphatic heterocycles. The molecule has 0 unspecified atom stereocenters. The van der Waals surface area contributed by atoms with Crippen molar-refractivity contribution in [1.82, 2.24) is 14.9 Å². The average Bonchev–Trinajstić information content (AvgIpc) is 3.11. The predicted octanol–water partition coefficient (Wildman–Crippen LogP) is 3.08. The highest BCUT2D eigenvalue weighted by Crippen LogP contribution is 2.26. The number of hydrogen-bond donors (Lipinski definition) is 1. The minimum atomic E-state index is 0.0620. The highest BCUT2D eigenvalue weighted by atomic mass is 16.5. The number of para-hydroxylation sites is 1. The number of nitrogens with one attached hydrogen (secondary N) is 1. The number of imidazole rings is 1. The van der Waals surface area contributed by atoms with Crippen LogP contribution in [0.4, 0.5) is 0 Å². The second-order valence-electron chi connectivity index (χ2n) is 6.37. The SMILES string of the molecule is CCc1ncc(C(=O)N2CCC[C@@H](Cc3ccccc3OC)C2)[nH]1. The highest BCUT2D eigenvalue weighted by Gasteiger charge is 2.26. The molecule has 24 heavy (non-hydrogen) atoms. The van der Waals surface area contributed by atoms with Crippen molar-refractivity contribution in [2.75, 3.05) is 20.2 Å². The van der Waals surface area contributed by atoms with Gasteiger partial charge in [0.1, 0.15) is 17.3 Å². The van der Waals surface area contributed by atoms with Gasteiger partial charge in [0.2, 0.25) is 0 Å². The van der Waals surface area contributed by atoms with Crippen LogP contribution < -0.4 is 4.74 Å². The van der Waals surface area contributed by atoms with Crippen molar-refractivity contribution in [2.45, 2.75) is 32.6 Å². The summed E-state index contributed by atoms with van der Waals surface area (Å²) in [5.74, 6) is 2.32. The Kier molecular flexibility index (Phi) is 5.18. The molecule has 0 bridgehead atoms.